The third-order valence-corrected chi connectivity index (χ3v) is 0.538. The Morgan fingerprint density at radius 1 is 2.00 bits per heavy atom. The highest BCUT2D eigenvalue weighted by atomic mass is 35.7. The Morgan fingerprint density at radius 3 is 2.25 bits per heavy atom. The van der Waals surface area contributed by atoms with Crippen LogP contribution in [0.5, 0.6) is 0 Å². The van der Waals surface area contributed by atoms with Gasteiger partial charge in [0, 0.05) is 7.93 Å². The van der Waals surface area contributed by atoms with Gasteiger partial charge in [0.2, 0.25) is 0 Å². The van der Waals surface area contributed by atoms with Gasteiger partial charge in [0.1, 0.15) is 0 Å². The van der Waals surface area contributed by atoms with Crippen LogP contribution in [-0.2, 0) is 0 Å². The van der Waals surface area contributed by atoms with E-state index in [0.717, 1.165) is 0 Å². The molecule has 3 heteroatoms. The van der Waals surface area contributed by atoms with Crippen LogP contribution in [0.25, 0.3) is 0 Å². The molecule has 0 radical (unpaired) electrons. The second-order valence-corrected chi connectivity index (χ2v) is 1.68. The van der Waals surface area contributed by atoms with Gasteiger partial charge in [0.15, 0.2) is 0 Å². The molecule has 0 rings (SSSR count). The van der Waals surface area contributed by atoms with Gasteiger partial charge in [-0.15, -0.1) is 0 Å². The second kappa shape index (κ2) is 3.68. The Balaban J connectivity index is 1.97. The summed E-state index contributed by atoms with van der Waals surface area (Å²) in [6, 6.07) is 0. The maximum absolute atomic E-state index is 7.76. The number of halogens is 1. The van der Waals surface area contributed by atoms with Crippen LogP contribution >= 0.6 is 19.2 Å². The lowest BCUT2D eigenvalue weighted by atomic mass is 11.7. The van der Waals surface area contributed by atoms with Crippen LogP contribution in [-0.4, -0.2) is 11.5 Å². The molecule has 0 aromatic heterocycles. The summed E-state index contributed by atoms with van der Waals surface area (Å²) >= 11 is 4.96. The molecule has 26 valence electrons. The summed E-state index contributed by atoms with van der Waals surface area (Å²) in [5.41, 5.74) is 0. The maximum atomic E-state index is 7.76. The molecule has 4 heavy (non-hydrogen) atoms. The van der Waals surface area contributed by atoms with Crippen LogP contribution in [0, 0.1) is 0 Å². The highest BCUT2D eigenvalue weighted by molar-refractivity contribution is 7.68. The first kappa shape index (κ1) is 4.68. The molecule has 0 bridgehead atoms. The largest absolute Gasteiger partial charge is 0.391 e. The predicted octanol–water partition coefficient (Wildman–Crippen LogP) is 0.768. The molecule has 0 heterocycles. The molecule has 0 aliphatic rings. The van der Waals surface area contributed by atoms with E-state index in [2.05, 4.69) is 0 Å². The summed E-state index contributed by atoms with van der Waals surface area (Å²) < 4.78 is 0. The second-order valence-electron chi connectivity index (χ2n) is 0.292. The van der Waals surface area contributed by atoms with Crippen molar-refractivity contribution in [3.8, 4) is 0 Å². The van der Waals surface area contributed by atoms with Crippen LogP contribution in [0.3, 0.4) is 0 Å². The van der Waals surface area contributed by atoms with Gasteiger partial charge < -0.3 is 5.11 Å². The smallest absolute Gasteiger partial charge is 0.0739 e. The van der Waals surface area contributed by atoms with E-state index in [1.54, 1.807) is 0 Å². The summed E-state index contributed by atoms with van der Waals surface area (Å²) in [6.07, 6.45) is 0.113. The Labute approximate surface area is 31.5 Å². The summed E-state index contributed by atoms with van der Waals surface area (Å²) in [5.74, 6) is 0. The van der Waals surface area contributed by atoms with Crippen LogP contribution in [0.15, 0.2) is 0 Å². The SMILES string of the molecule is OCPCl. The molecule has 1 N–H and O–H groups in total. The molecule has 1 atom stereocenters. The van der Waals surface area contributed by atoms with Gasteiger partial charge >= 0.3 is 0 Å². The maximum Gasteiger partial charge on any atom is 0.0739 e. The minimum atomic E-state index is 0.113. The van der Waals surface area contributed by atoms with Crippen molar-refractivity contribution in [2.75, 3.05) is 6.35 Å². The number of hydrogen-bond donors (Lipinski definition) is 1. The van der Waals surface area contributed by atoms with E-state index in [-0.39, 0.29) is 14.3 Å². The van der Waals surface area contributed by atoms with Crippen molar-refractivity contribution in [2.24, 2.45) is 0 Å². The van der Waals surface area contributed by atoms with Crippen LogP contribution in [0.2, 0.25) is 0 Å². The molecule has 0 aliphatic carbocycles. The van der Waals surface area contributed by atoms with Crippen molar-refractivity contribution in [1.82, 2.24) is 0 Å². The van der Waals surface area contributed by atoms with E-state index >= 15 is 0 Å². The van der Waals surface area contributed by atoms with Gasteiger partial charge in [-0.05, 0) is 0 Å². The molecule has 0 aliphatic heterocycles. The van der Waals surface area contributed by atoms with Gasteiger partial charge in [-0.3, -0.25) is 0 Å². The zero-order valence-electron chi connectivity index (χ0n) is 2.03. The van der Waals surface area contributed by atoms with Gasteiger partial charge in [0.25, 0.3) is 0 Å². The first-order chi connectivity index (χ1) is 1.91. The van der Waals surface area contributed by atoms with Crippen LogP contribution in [0.1, 0.15) is 0 Å². The number of aliphatic hydroxyl groups is 1. The Hall–Kier alpha value is 0.680. The van der Waals surface area contributed by atoms with Crippen molar-refractivity contribution in [3.63, 3.8) is 0 Å². The third kappa shape index (κ3) is 2.68. The number of hydrogen-bond acceptors (Lipinski definition) is 1. The van der Waals surface area contributed by atoms with Gasteiger partial charge in [-0.25, -0.2) is 0 Å². The minimum absolute atomic E-state index is 0.113. The molecular formula is CH4ClOP. The molecule has 0 aromatic carbocycles. The minimum Gasteiger partial charge on any atom is -0.391 e. The average Bonchev–Trinajstić information content (AvgIpc) is 1.37. The van der Waals surface area contributed by atoms with E-state index in [4.69, 9.17) is 16.3 Å². The lowest BCUT2D eigenvalue weighted by Gasteiger charge is -1.67. The monoisotopic (exact) mass is 98.0 g/mol. The highest BCUT2D eigenvalue weighted by Crippen LogP contribution is 2.10. The summed E-state index contributed by atoms with van der Waals surface area (Å²) in [6.45, 7) is 0. The standard InChI is InChI=1S/CH4ClOP/c2-4-1-3/h3-4H,1H2. The number of aliphatic hydroxyl groups excluding tert-OH is 1. The first-order valence-electron chi connectivity index (χ1n) is 0.859. The van der Waals surface area contributed by atoms with Crippen molar-refractivity contribution in [1.29, 1.82) is 0 Å². The normalized spacial score (nSPS) is 10.5. The van der Waals surface area contributed by atoms with E-state index in [0.29, 0.717) is 0 Å². The Morgan fingerprint density at radius 2 is 2.25 bits per heavy atom. The van der Waals surface area contributed by atoms with Gasteiger partial charge in [0.05, 0.1) is 6.35 Å². The van der Waals surface area contributed by atoms with E-state index in [1.807, 2.05) is 0 Å². The van der Waals surface area contributed by atoms with Crippen molar-refractivity contribution in [2.45, 2.75) is 0 Å². The molecule has 0 saturated carbocycles. The van der Waals surface area contributed by atoms with E-state index in [1.165, 1.54) is 0 Å². The first-order valence-corrected chi connectivity index (χ1v) is 3.08. The molecule has 0 fully saturated rings. The zero-order valence-corrected chi connectivity index (χ0v) is 3.79. The lowest BCUT2D eigenvalue weighted by molar-refractivity contribution is 0.374. The average molecular weight is 98.5 g/mol. The quantitative estimate of drug-likeness (QED) is 0.480. The van der Waals surface area contributed by atoms with Crippen molar-refractivity contribution in [3.05, 3.63) is 0 Å². The fraction of sp³-hybridized carbons (Fsp3) is 1.00. The Bertz CT molecular complexity index is 10.0. The molecule has 1 unspecified atom stereocenters. The lowest BCUT2D eigenvalue weighted by Crippen LogP contribution is -1.53. The molecule has 1 nitrogen and oxygen atoms in total. The van der Waals surface area contributed by atoms with Crippen molar-refractivity contribution >= 4 is 19.2 Å². The van der Waals surface area contributed by atoms with E-state index in [9.17, 15) is 0 Å². The highest BCUT2D eigenvalue weighted by Gasteiger charge is 1.59. The number of rotatable bonds is 1. The fourth-order valence-electron chi connectivity index (χ4n) is 0. The Kier molecular flexibility index (Phi) is 4.31. The van der Waals surface area contributed by atoms with Gasteiger partial charge in [-0.1, -0.05) is 11.2 Å². The zero-order chi connectivity index (χ0) is 3.41. The summed E-state index contributed by atoms with van der Waals surface area (Å²) in [4.78, 5) is 0. The third-order valence-electron chi connectivity index (χ3n) is 0.0598. The topological polar surface area (TPSA) is 20.2 Å². The van der Waals surface area contributed by atoms with E-state index < -0.39 is 0 Å². The molecule has 0 aromatic rings. The van der Waals surface area contributed by atoms with Crippen LogP contribution in [0.4, 0.5) is 0 Å². The molecule has 0 spiro atoms. The van der Waals surface area contributed by atoms with Gasteiger partial charge in [-0.2, -0.15) is 0 Å². The summed E-state index contributed by atoms with van der Waals surface area (Å²) in [7, 11) is 0.168. The molecule has 0 amide bonds. The van der Waals surface area contributed by atoms with Crippen molar-refractivity contribution < 1.29 is 5.11 Å². The summed E-state index contributed by atoms with van der Waals surface area (Å²) in [5, 5.41) is 7.76. The van der Waals surface area contributed by atoms with Crippen LogP contribution < -0.4 is 0 Å². The fourth-order valence-corrected chi connectivity index (χ4v) is 0. The molecular weight excluding hydrogens is 94.4 g/mol. The molecule has 0 saturated heterocycles. The predicted molar refractivity (Wildman–Crippen MR) is 21.3 cm³/mol.